The number of benzene rings is 1. The van der Waals surface area contributed by atoms with Crippen molar-refractivity contribution >= 4 is 21.8 Å². The van der Waals surface area contributed by atoms with E-state index < -0.39 is 21.8 Å². The molecule has 0 bridgehead atoms. The Morgan fingerprint density at radius 3 is 2.32 bits per heavy atom. The number of ether oxygens (including phenoxy) is 1. The fraction of sp³-hybridized carbons (Fsp3) is 0.429. The summed E-state index contributed by atoms with van der Waals surface area (Å²) in [7, 11) is -3.98. The van der Waals surface area contributed by atoms with Crippen molar-refractivity contribution in [1.82, 2.24) is 4.72 Å². The van der Waals surface area contributed by atoms with E-state index in [4.69, 9.17) is 10.5 Å². The van der Waals surface area contributed by atoms with Crippen LogP contribution in [0.4, 0.5) is 0 Å². The number of nitrogens with two attached hydrogens (primary N) is 1. The van der Waals surface area contributed by atoms with Gasteiger partial charge in [0.1, 0.15) is 6.61 Å². The lowest BCUT2D eigenvalue weighted by Gasteiger charge is -2.11. The second-order valence-corrected chi connectivity index (χ2v) is 6.82. The van der Waals surface area contributed by atoms with Gasteiger partial charge in [-0.2, -0.15) is 0 Å². The van der Waals surface area contributed by atoms with Gasteiger partial charge in [0.2, 0.25) is 5.91 Å². The van der Waals surface area contributed by atoms with Crippen LogP contribution in [-0.2, 0) is 19.6 Å². The van der Waals surface area contributed by atoms with Crippen LogP contribution in [0.1, 0.15) is 36.0 Å². The number of amides is 2. The minimum Gasteiger partial charge on any atom is -0.368 e. The first-order valence-electron chi connectivity index (χ1n) is 6.95. The van der Waals surface area contributed by atoms with E-state index in [2.05, 4.69) is 0 Å². The maximum atomic E-state index is 12.0. The second-order valence-electron chi connectivity index (χ2n) is 5.13. The second kappa shape index (κ2) is 6.89. The van der Waals surface area contributed by atoms with Crippen LogP contribution >= 0.6 is 0 Å². The van der Waals surface area contributed by atoms with E-state index >= 15 is 0 Å². The predicted octanol–water partition coefficient (Wildman–Crippen LogP) is 0.550. The van der Waals surface area contributed by atoms with Gasteiger partial charge in [0.15, 0.2) is 0 Å². The summed E-state index contributed by atoms with van der Waals surface area (Å²) < 4.78 is 31.3. The number of nitrogens with one attached hydrogen (secondary N) is 1. The highest BCUT2D eigenvalue weighted by Gasteiger charge is 2.20. The smallest absolute Gasteiger partial charge is 0.264 e. The van der Waals surface area contributed by atoms with Gasteiger partial charge in [-0.3, -0.25) is 9.59 Å². The molecule has 0 aliphatic heterocycles. The third-order valence-corrected chi connectivity index (χ3v) is 4.84. The SMILES string of the molecule is NC(=O)c1ccc(S(=O)(=O)NC(=O)COC2CCCC2)cc1. The number of sulfonamides is 1. The number of rotatable bonds is 6. The zero-order valence-electron chi connectivity index (χ0n) is 11.9. The summed E-state index contributed by atoms with van der Waals surface area (Å²) in [5.41, 5.74) is 5.27. The molecule has 3 N–H and O–H groups in total. The molecule has 0 atom stereocenters. The minimum absolute atomic E-state index is 0.0308. The Morgan fingerprint density at radius 1 is 1.18 bits per heavy atom. The molecule has 0 heterocycles. The van der Waals surface area contributed by atoms with Gasteiger partial charge in [0, 0.05) is 5.56 Å². The van der Waals surface area contributed by atoms with Crippen LogP contribution < -0.4 is 10.5 Å². The highest BCUT2D eigenvalue weighted by atomic mass is 32.2. The molecule has 0 saturated heterocycles. The Labute approximate surface area is 128 Å². The highest BCUT2D eigenvalue weighted by molar-refractivity contribution is 7.90. The Bertz CT molecular complexity index is 648. The number of hydrogen-bond donors (Lipinski definition) is 2. The van der Waals surface area contributed by atoms with Crippen molar-refractivity contribution in [2.45, 2.75) is 36.7 Å². The van der Waals surface area contributed by atoms with Gasteiger partial charge in [-0.1, -0.05) is 12.8 Å². The summed E-state index contributed by atoms with van der Waals surface area (Å²) in [4.78, 5) is 22.5. The molecule has 1 aromatic carbocycles. The minimum atomic E-state index is -3.98. The van der Waals surface area contributed by atoms with Crippen LogP contribution in [0.15, 0.2) is 29.2 Å². The highest BCUT2D eigenvalue weighted by Crippen LogP contribution is 2.20. The van der Waals surface area contributed by atoms with Gasteiger partial charge in [-0.25, -0.2) is 13.1 Å². The maximum absolute atomic E-state index is 12.0. The molecule has 1 aliphatic rings. The lowest BCUT2D eigenvalue weighted by Crippen LogP contribution is -2.34. The van der Waals surface area contributed by atoms with Crippen LogP contribution in [0.5, 0.6) is 0 Å². The first-order chi connectivity index (χ1) is 10.4. The summed E-state index contributed by atoms with van der Waals surface area (Å²) in [5, 5.41) is 0. The Kier molecular flexibility index (Phi) is 5.15. The monoisotopic (exact) mass is 326 g/mol. The summed E-state index contributed by atoms with van der Waals surface area (Å²) in [6.45, 7) is -0.288. The Morgan fingerprint density at radius 2 is 1.77 bits per heavy atom. The van der Waals surface area contributed by atoms with E-state index in [9.17, 15) is 18.0 Å². The first-order valence-corrected chi connectivity index (χ1v) is 8.44. The lowest BCUT2D eigenvalue weighted by molar-refractivity contribution is -0.125. The van der Waals surface area contributed by atoms with Crippen LogP contribution in [0.2, 0.25) is 0 Å². The molecule has 8 heteroatoms. The summed E-state index contributed by atoms with van der Waals surface area (Å²) in [6, 6.07) is 5.01. The summed E-state index contributed by atoms with van der Waals surface area (Å²) in [5.74, 6) is -1.37. The molecule has 22 heavy (non-hydrogen) atoms. The normalized spacial score (nSPS) is 15.6. The van der Waals surface area contributed by atoms with E-state index in [0.717, 1.165) is 25.7 Å². The summed E-state index contributed by atoms with van der Waals surface area (Å²) in [6.07, 6.45) is 3.96. The predicted molar refractivity (Wildman–Crippen MR) is 78.5 cm³/mol. The van der Waals surface area contributed by atoms with Gasteiger partial charge in [0.25, 0.3) is 15.9 Å². The quantitative estimate of drug-likeness (QED) is 0.792. The number of carbonyl (C=O) groups is 2. The molecule has 2 rings (SSSR count). The maximum Gasteiger partial charge on any atom is 0.264 e. The van der Waals surface area contributed by atoms with E-state index in [1.165, 1.54) is 24.3 Å². The van der Waals surface area contributed by atoms with Gasteiger partial charge in [-0.05, 0) is 37.1 Å². The van der Waals surface area contributed by atoms with Crippen LogP contribution in [0, 0.1) is 0 Å². The fourth-order valence-corrected chi connectivity index (χ4v) is 3.26. The van der Waals surface area contributed by atoms with E-state index in [-0.39, 0.29) is 23.2 Å². The largest absolute Gasteiger partial charge is 0.368 e. The van der Waals surface area contributed by atoms with Crippen molar-refractivity contribution in [3.05, 3.63) is 29.8 Å². The Hall–Kier alpha value is -1.93. The molecule has 120 valence electrons. The van der Waals surface area contributed by atoms with Crippen LogP contribution in [-0.4, -0.2) is 32.9 Å². The van der Waals surface area contributed by atoms with E-state index in [0.29, 0.717) is 0 Å². The molecule has 1 aliphatic carbocycles. The molecule has 7 nitrogen and oxygen atoms in total. The molecule has 0 radical (unpaired) electrons. The molecule has 1 aromatic rings. The van der Waals surface area contributed by atoms with Crippen LogP contribution in [0.25, 0.3) is 0 Å². The summed E-state index contributed by atoms with van der Waals surface area (Å²) >= 11 is 0. The molecule has 0 aromatic heterocycles. The third kappa shape index (κ3) is 4.28. The van der Waals surface area contributed by atoms with Crippen molar-refractivity contribution in [3.63, 3.8) is 0 Å². The Balaban J connectivity index is 1.94. The molecule has 0 unspecified atom stereocenters. The average Bonchev–Trinajstić information content (AvgIpc) is 2.98. The van der Waals surface area contributed by atoms with Crippen molar-refractivity contribution in [2.75, 3.05) is 6.61 Å². The van der Waals surface area contributed by atoms with E-state index in [1.807, 2.05) is 4.72 Å². The zero-order chi connectivity index (χ0) is 16.2. The van der Waals surface area contributed by atoms with Gasteiger partial charge in [0.05, 0.1) is 11.0 Å². The van der Waals surface area contributed by atoms with Crippen molar-refractivity contribution in [3.8, 4) is 0 Å². The van der Waals surface area contributed by atoms with Crippen LogP contribution in [0.3, 0.4) is 0 Å². The number of primary amides is 1. The molecule has 0 spiro atoms. The van der Waals surface area contributed by atoms with Gasteiger partial charge in [-0.15, -0.1) is 0 Å². The zero-order valence-corrected chi connectivity index (χ0v) is 12.8. The third-order valence-electron chi connectivity index (χ3n) is 3.45. The molecular weight excluding hydrogens is 308 g/mol. The average molecular weight is 326 g/mol. The fourth-order valence-electron chi connectivity index (χ4n) is 2.29. The first kappa shape index (κ1) is 16.4. The number of carbonyl (C=O) groups excluding carboxylic acids is 2. The standard InChI is InChI=1S/C14H18N2O5S/c15-14(18)10-5-7-12(8-6-10)22(19,20)16-13(17)9-21-11-3-1-2-4-11/h5-8,11H,1-4,9H2,(H2,15,18)(H,16,17). The molecule has 1 fully saturated rings. The lowest BCUT2D eigenvalue weighted by atomic mass is 10.2. The van der Waals surface area contributed by atoms with Gasteiger partial charge >= 0.3 is 0 Å². The van der Waals surface area contributed by atoms with Crippen molar-refractivity contribution in [1.29, 1.82) is 0 Å². The molecule has 1 saturated carbocycles. The topological polar surface area (TPSA) is 116 Å². The van der Waals surface area contributed by atoms with Crippen molar-refractivity contribution in [2.24, 2.45) is 5.73 Å². The number of hydrogen-bond acceptors (Lipinski definition) is 5. The molecular formula is C14H18N2O5S. The van der Waals surface area contributed by atoms with Gasteiger partial charge < -0.3 is 10.5 Å². The molecule has 2 amide bonds. The van der Waals surface area contributed by atoms with E-state index in [1.54, 1.807) is 0 Å². The van der Waals surface area contributed by atoms with Crippen molar-refractivity contribution < 1.29 is 22.7 Å².